The number of carbonyl (C=O) groups excluding carboxylic acids is 1. The molecule has 0 aliphatic carbocycles. The Morgan fingerprint density at radius 2 is 1.94 bits per heavy atom. The van der Waals surface area contributed by atoms with Crippen molar-refractivity contribution in [3.63, 3.8) is 0 Å². The van der Waals surface area contributed by atoms with Crippen LogP contribution in [0, 0.1) is 12.8 Å². The fraction of sp³-hybridized carbons (Fsp3) is 0.348. The van der Waals surface area contributed by atoms with E-state index in [4.69, 9.17) is 16.1 Å². The van der Waals surface area contributed by atoms with E-state index in [9.17, 15) is 13.2 Å². The van der Waals surface area contributed by atoms with Crippen molar-refractivity contribution in [2.24, 2.45) is 5.92 Å². The van der Waals surface area contributed by atoms with E-state index in [2.05, 4.69) is 10.1 Å². The molecular weight excluding hydrogens is 464 g/mol. The van der Waals surface area contributed by atoms with Crippen LogP contribution in [0.25, 0.3) is 11.4 Å². The Kier molecular flexibility index (Phi) is 6.83. The molecule has 2 aromatic carbocycles. The minimum Gasteiger partial charge on any atom is -0.337 e. The van der Waals surface area contributed by atoms with E-state index in [1.54, 1.807) is 43.4 Å². The Balaban J connectivity index is 1.42. The maximum Gasteiger partial charge on any atom is 0.246 e. The number of carbonyl (C=O) groups is 1. The van der Waals surface area contributed by atoms with Crippen molar-refractivity contribution in [1.29, 1.82) is 0 Å². The zero-order valence-corrected chi connectivity index (χ0v) is 20.0. The summed E-state index contributed by atoms with van der Waals surface area (Å²) in [6.45, 7) is 2.57. The topological polar surface area (TPSA) is 96.6 Å². The molecule has 174 valence electrons. The van der Waals surface area contributed by atoms with Crippen molar-refractivity contribution in [3.05, 3.63) is 65.0 Å². The summed E-state index contributed by atoms with van der Waals surface area (Å²) in [4.78, 5) is 19.2. The fourth-order valence-corrected chi connectivity index (χ4v) is 5.63. The number of benzene rings is 2. The van der Waals surface area contributed by atoms with Crippen LogP contribution >= 0.6 is 11.6 Å². The number of hydrogen-bond acceptors (Lipinski definition) is 6. The van der Waals surface area contributed by atoms with Crippen LogP contribution in [0.15, 0.2) is 57.9 Å². The zero-order chi connectivity index (χ0) is 23.6. The first kappa shape index (κ1) is 23.4. The molecule has 1 aliphatic heterocycles. The van der Waals surface area contributed by atoms with E-state index in [-0.39, 0.29) is 29.8 Å². The molecule has 0 radical (unpaired) electrons. The quantitative estimate of drug-likeness (QED) is 0.524. The van der Waals surface area contributed by atoms with E-state index in [0.29, 0.717) is 35.8 Å². The number of amides is 1. The average Bonchev–Trinajstić information content (AvgIpc) is 3.27. The van der Waals surface area contributed by atoms with Gasteiger partial charge in [0.1, 0.15) is 0 Å². The highest BCUT2D eigenvalue weighted by Gasteiger charge is 2.34. The third-order valence-corrected chi connectivity index (χ3v) is 7.93. The van der Waals surface area contributed by atoms with Gasteiger partial charge in [-0.25, -0.2) is 8.42 Å². The lowest BCUT2D eigenvalue weighted by atomic mass is 9.98. The van der Waals surface area contributed by atoms with Crippen LogP contribution < -0.4 is 0 Å². The average molecular weight is 489 g/mol. The predicted octanol–water partition coefficient (Wildman–Crippen LogP) is 3.76. The van der Waals surface area contributed by atoms with Gasteiger partial charge in [-0.05, 0) is 44.0 Å². The molecule has 1 aliphatic rings. The molecule has 33 heavy (non-hydrogen) atoms. The van der Waals surface area contributed by atoms with Crippen molar-refractivity contribution >= 4 is 27.5 Å². The van der Waals surface area contributed by atoms with Crippen molar-refractivity contribution in [2.75, 3.05) is 20.1 Å². The van der Waals surface area contributed by atoms with Crippen LogP contribution in [-0.4, -0.2) is 53.8 Å². The monoisotopic (exact) mass is 488 g/mol. The highest BCUT2D eigenvalue weighted by Crippen LogP contribution is 2.27. The van der Waals surface area contributed by atoms with Crippen LogP contribution in [0.3, 0.4) is 0 Å². The van der Waals surface area contributed by atoms with Gasteiger partial charge in [-0.3, -0.25) is 4.79 Å². The summed E-state index contributed by atoms with van der Waals surface area (Å²) in [5.74, 6) is 0.0384. The normalized spacial score (nSPS) is 17.1. The molecule has 0 spiro atoms. The van der Waals surface area contributed by atoms with Crippen molar-refractivity contribution < 1.29 is 17.7 Å². The Morgan fingerprint density at radius 3 is 2.67 bits per heavy atom. The maximum absolute atomic E-state index is 13.1. The lowest BCUT2D eigenvalue weighted by Crippen LogP contribution is -2.45. The fourth-order valence-electron chi connectivity index (χ4n) is 3.89. The van der Waals surface area contributed by atoms with E-state index in [0.717, 1.165) is 5.56 Å². The Hall–Kier alpha value is -2.75. The second-order valence-electron chi connectivity index (χ2n) is 8.20. The van der Waals surface area contributed by atoms with Gasteiger partial charge in [0, 0.05) is 25.7 Å². The summed E-state index contributed by atoms with van der Waals surface area (Å²) in [6.07, 6.45) is 1.24. The van der Waals surface area contributed by atoms with Gasteiger partial charge >= 0.3 is 0 Å². The Bertz CT molecular complexity index is 1240. The zero-order valence-electron chi connectivity index (χ0n) is 18.4. The third kappa shape index (κ3) is 5.10. The van der Waals surface area contributed by atoms with Gasteiger partial charge in [0.15, 0.2) is 0 Å². The number of piperidine rings is 1. The molecule has 3 aromatic rings. The summed E-state index contributed by atoms with van der Waals surface area (Å²) < 4.78 is 32.8. The molecule has 1 saturated heterocycles. The number of hydrogen-bond donors (Lipinski definition) is 0. The lowest BCUT2D eigenvalue weighted by Gasteiger charge is -2.33. The number of sulfonamides is 1. The largest absolute Gasteiger partial charge is 0.337 e. The summed E-state index contributed by atoms with van der Waals surface area (Å²) >= 11 is 6.19. The molecule has 1 amide bonds. The SMILES string of the molecule is Cc1ccc(S(=O)(=O)N2CCC[C@@H](C(=O)N(C)Cc3nc(-c4ccccc4Cl)no3)C2)cc1. The van der Waals surface area contributed by atoms with Gasteiger partial charge < -0.3 is 9.42 Å². The molecule has 0 saturated carbocycles. The number of aryl methyl sites for hydroxylation is 1. The van der Waals surface area contributed by atoms with E-state index < -0.39 is 15.9 Å². The van der Waals surface area contributed by atoms with Gasteiger partial charge in [0.05, 0.1) is 22.4 Å². The lowest BCUT2D eigenvalue weighted by molar-refractivity contribution is -0.136. The Morgan fingerprint density at radius 1 is 1.21 bits per heavy atom. The summed E-state index contributed by atoms with van der Waals surface area (Å²) in [6, 6.07) is 13.9. The van der Waals surface area contributed by atoms with Crippen molar-refractivity contribution in [2.45, 2.75) is 31.2 Å². The molecule has 1 aromatic heterocycles. The van der Waals surface area contributed by atoms with Crippen molar-refractivity contribution in [1.82, 2.24) is 19.3 Å². The van der Waals surface area contributed by atoms with Gasteiger partial charge in [-0.15, -0.1) is 0 Å². The first-order chi connectivity index (χ1) is 15.8. The third-order valence-electron chi connectivity index (χ3n) is 5.72. The standard InChI is InChI=1S/C23H25ClN4O4S/c1-16-9-11-18(12-10-16)33(30,31)28-13-5-6-17(14-28)23(29)27(2)15-21-25-22(26-32-21)19-7-3-4-8-20(19)24/h3-4,7-12,17H,5-6,13-15H2,1-2H3/t17-/m1/s1. The number of halogens is 1. The molecule has 10 heteroatoms. The smallest absolute Gasteiger partial charge is 0.246 e. The van der Waals surface area contributed by atoms with Gasteiger partial charge in [-0.2, -0.15) is 9.29 Å². The first-order valence-corrected chi connectivity index (χ1v) is 12.5. The highest BCUT2D eigenvalue weighted by atomic mass is 35.5. The molecule has 1 fully saturated rings. The first-order valence-electron chi connectivity index (χ1n) is 10.6. The molecule has 1 atom stereocenters. The van der Waals surface area contributed by atoms with Crippen LogP contribution in [-0.2, 0) is 21.4 Å². The second kappa shape index (κ2) is 9.62. The van der Waals surface area contributed by atoms with Gasteiger partial charge in [0.2, 0.25) is 27.6 Å². The maximum atomic E-state index is 13.1. The van der Waals surface area contributed by atoms with E-state index in [1.165, 1.54) is 9.21 Å². The van der Waals surface area contributed by atoms with Crippen LogP contribution in [0.2, 0.25) is 5.02 Å². The molecule has 0 N–H and O–H groups in total. The highest BCUT2D eigenvalue weighted by molar-refractivity contribution is 7.89. The number of nitrogens with zero attached hydrogens (tertiary/aromatic N) is 4. The van der Waals surface area contributed by atoms with Gasteiger partial charge in [0.25, 0.3) is 0 Å². The molecule has 0 bridgehead atoms. The molecule has 2 heterocycles. The summed E-state index contributed by atoms with van der Waals surface area (Å²) in [7, 11) is -2.00. The van der Waals surface area contributed by atoms with E-state index in [1.807, 2.05) is 19.1 Å². The van der Waals surface area contributed by atoms with Crippen molar-refractivity contribution in [3.8, 4) is 11.4 Å². The molecule has 0 unspecified atom stereocenters. The van der Waals surface area contributed by atoms with E-state index >= 15 is 0 Å². The molecule has 4 rings (SSSR count). The van der Waals surface area contributed by atoms with Crippen LogP contribution in [0.4, 0.5) is 0 Å². The minimum atomic E-state index is -3.65. The van der Waals surface area contributed by atoms with Gasteiger partial charge in [-0.1, -0.05) is 46.6 Å². The number of aromatic nitrogens is 2. The summed E-state index contributed by atoms with van der Waals surface area (Å²) in [5.41, 5.74) is 1.63. The number of rotatable bonds is 6. The summed E-state index contributed by atoms with van der Waals surface area (Å²) in [5, 5.41) is 4.47. The molecule has 8 nitrogen and oxygen atoms in total. The van der Waals surface area contributed by atoms with Crippen LogP contribution in [0.5, 0.6) is 0 Å². The Labute approximate surface area is 198 Å². The minimum absolute atomic E-state index is 0.123. The molecular formula is C23H25ClN4O4S. The predicted molar refractivity (Wildman–Crippen MR) is 124 cm³/mol. The van der Waals surface area contributed by atoms with Crippen LogP contribution in [0.1, 0.15) is 24.3 Å². The second-order valence-corrected chi connectivity index (χ2v) is 10.5.